The zero-order chi connectivity index (χ0) is 15.2. The molecular weight excluding hydrogens is 272 g/mol. The summed E-state index contributed by atoms with van der Waals surface area (Å²) in [6.07, 6.45) is 5.99. The number of nitrogens with zero attached hydrogens (tertiary/aromatic N) is 1. The molecule has 0 radical (unpaired) electrons. The van der Waals surface area contributed by atoms with Crippen LogP contribution in [-0.2, 0) is 9.59 Å². The number of amides is 2. The summed E-state index contributed by atoms with van der Waals surface area (Å²) in [5.41, 5.74) is -0.680. The summed E-state index contributed by atoms with van der Waals surface area (Å²) < 4.78 is 0. The second kappa shape index (κ2) is 7.91. The second-order valence-corrected chi connectivity index (χ2v) is 6.41. The molecule has 2 amide bonds. The van der Waals surface area contributed by atoms with Gasteiger partial charge < -0.3 is 10.2 Å². The minimum Gasteiger partial charge on any atom is -0.340 e. The fourth-order valence-electron chi connectivity index (χ4n) is 2.86. The van der Waals surface area contributed by atoms with E-state index >= 15 is 0 Å². The van der Waals surface area contributed by atoms with Crippen molar-refractivity contribution >= 4 is 23.6 Å². The molecule has 0 spiro atoms. The summed E-state index contributed by atoms with van der Waals surface area (Å²) in [6.45, 7) is 6.70. The lowest BCUT2D eigenvalue weighted by atomic mass is 9.86. The predicted octanol–water partition coefficient (Wildman–Crippen LogP) is 2.43. The Morgan fingerprint density at radius 1 is 1.25 bits per heavy atom. The lowest BCUT2D eigenvalue weighted by molar-refractivity contribution is -0.155. The van der Waals surface area contributed by atoms with Gasteiger partial charge in [-0.3, -0.25) is 9.59 Å². The molecule has 0 bridgehead atoms. The fourth-order valence-corrected chi connectivity index (χ4v) is 3.27. The van der Waals surface area contributed by atoms with Gasteiger partial charge in [-0.05, 0) is 37.7 Å². The van der Waals surface area contributed by atoms with Gasteiger partial charge in [0.05, 0.1) is 0 Å². The van der Waals surface area contributed by atoms with Gasteiger partial charge in [0.2, 0.25) is 11.8 Å². The average molecular weight is 300 g/mol. The average Bonchev–Trinajstić information content (AvgIpc) is 2.46. The highest BCUT2D eigenvalue weighted by molar-refractivity contribution is 7.98. The first-order valence-corrected chi connectivity index (χ1v) is 9.07. The maximum absolute atomic E-state index is 12.8. The second-order valence-electron chi connectivity index (χ2n) is 5.43. The predicted molar refractivity (Wildman–Crippen MR) is 84.9 cm³/mol. The molecule has 4 nitrogen and oxygen atoms in total. The largest absolute Gasteiger partial charge is 0.340 e. The number of rotatable bonds is 8. The highest BCUT2D eigenvalue weighted by Crippen LogP contribution is 2.27. The third-order valence-corrected chi connectivity index (χ3v) is 4.93. The van der Waals surface area contributed by atoms with Crippen LogP contribution in [0.15, 0.2) is 0 Å². The molecular formula is C15H28N2O2S. The Kier molecular flexibility index (Phi) is 6.86. The van der Waals surface area contributed by atoms with Crippen LogP contribution >= 0.6 is 11.8 Å². The van der Waals surface area contributed by atoms with Gasteiger partial charge in [0.15, 0.2) is 0 Å². The highest BCUT2D eigenvalue weighted by Gasteiger charge is 2.48. The van der Waals surface area contributed by atoms with Crippen LogP contribution in [0.2, 0.25) is 0 Å². The van der Waals surface area contributed by atoms with E-state index in [0.29, 0.717) is 19.4 Å². The topological polar surface area (TPSA) is 49.4 Å². The van der Waals surface area contributed by atoms with Gasteiger partial charge in [-0.1, -0.05) is 27.2 Å². The van der Waals surface area contributed by atoms with E-state index < -0.39 is 5.54 Å². The molecule has 5 heteroatoms. The molecule has 1 heterocycles. The van der Waals surface area contributed by atoms with Crippen LogP contribution in [-0.4, -0.2) is 46.8 Å². The number of carbonyl (C=O) groups is 2. The van der Waals surface area contributed by atoms with E-state index in [1.54, 1.807) is 11.8 Å². The van der Waals surface area contributed by atoms with Crippen LogP contribution in [0.3, 0.4) is 0 Å². The molecule has 1 fully saturated rings. The first kappa shape index (κ1) is 17.3. The Labute approximate surface area is 127 Å². The van der Waals surface area contributed by atoms with Gasteiger partial charge in [-0.15, -0.1) is 0 Å². The van der Waals surface area contributed by atoms with Gasteiger partial charge in [0.25, 0.3) is 0 Å². The van der Waals surface area contributed by atoms with Crippen LogP contribution in [0, 0.1) is 0 Å². The summed E-state index contributed by atoms with van der Waals surface area (Å²) >= 11 is 1.78. The Balaban J connectivity index is 2.94. The van der Waals surface area contributed by atoms with Crippen molar-refractivity contribution in [2.24, 2.45) is 0 Å². The number of piperazine rings is 1. The molecule has 1 aliphatic rings. The molecule has 1 saturated heterocycles. The summed E-state index contributed by atoms with van der Waals surface area (Å²) in [5.74, 6) is 1.16. The Bertz CT molecular complexity index is 343. The van der Waals surface area contributed by atoms with Gasteiger partial charge in [0.1, 0.15) is 11.6 Å². The lowest BCUT2D eigenvalue weighted by Crippen LogP contribution is -2.70. The zero-order valence-electron chi connectivity index (χ0n) is 13.2. The van der Waals surface area contributed by atoms with Gasteiger partial charge in [-0.25, -0.2) is 0 Å². The van der Waals surface area contributed by atoms with Crippen LogP contribution < -0.4 is 5.32 Å². The molecule has 1 aliphatic heterocycles. The monoisotopic (exact) mass is 300 g/mol. The van der Waals surface area contributed by atoms with Crippen molar-refractivity contribution in [3.8, 4) is 0 Å². The van der Waals surface area contributed by atoms with Gasteiger partial charge in [0, 0.05) is 6.54 Å². The van der Waals surface area contributed by atoms with E-state index in [2.05, 4.69) is 18.5 Å². The normalized spacial score (nSPS) is 22.0. The summed E-state index contributed by atoms with van der Waals surface area (Å²) in [4.78, 5) is 27.1. The number of carbonyl (C=O) groups excluding carboxylic acids is 2. The lowest BCUT2D eigenvalue weighted by Gasteiger charge is -2.45. The zero-order valence-corrected chi connectivity index (χ0v) is 14.0. The van der Waals surface area contributed by atoms with Crippen molar-refractivity contribution in [2.45, 2.75) is 64.5 Å². The molecule has 1 unspecified atom stereocenters. The first-order valence-electron chi connectivity index (χ1n) is 7.68. The van der Waals surface area contributed by atoms with Crippen molar-refractivity contribution in [1.82, 2.24) is 10.2 Å². The SMILES string of the molecule is CCCC1C(=O)NC(CC)(CC)C(=O)N1CCCSC. The molecule has 1 atom stereocenters. The third-order valence-electron chi connectivity index (χ3n) is 4.23. The standard InChI is InChI=1S/C15H28N2O2S/c1-5-9-12-13(18)16-15(6-2,7-3)14(19)17(12)10-8-11-20-4/h12H,5-11H2,1-4H3,(H,16,18). The number of nitrogens with one attached hydrogen (secondary N) is 1. The van der Waals surface area contributed by atoms with Crippen LogP contribution in [0.4, 0.5) is 0 Å². The molecule has 0 aromatic rings. The molecule has 0 saturated carbocycles. The third kappa shape index (κ3) is 3.48. The highest BCUT2D eigenvalue weighted by atomic mass is 32.2. The number of hydrogen-bond donors (Lipinski definition) is 1. The molecule has 116 valence electrons. The van der Waals surface area contributed by atoms with E-state index in [9.17, 15) is 9.59 Å². The van der Waals surface area contributed by atoms with Crippen LogP contribution in [0.25, 0.3) is 0 Å². The van der Waals surface area contributed by atoms with Gasteiger partial charge >= 0.3 is 0 Å². The van der Waals surface area contributed by atoms with Crippen LogP contribution in [0.5, 0.6) is 0 Å². The molecule has 1 N–H and O–H groups in total. The van der Waals surface area contributed by atoms with Gasteiger partial charge in [-0.2, -0.15) is 11.8 Å². The maximum atomic E-state index is 12.8. The van der Waals surface area contributed by atoms with Crippen LogP contribution in [0.1, 0.15) is 52.9 Å². The summed E-state index contributed by atoms with van der Waals surface area (Å²) in [5, 5.41) is 3.00. The van der Waals surface area contributed by atoms with Crippen molar-refractivity contribution < 1.29 is 9.59 Å². The first-order chi connectivity index (χ1) is 9.56. The number of thioether (sulfide) groups is 1. The van der Waals surface area contributed by atoms with Crippen molar-refractivity contribution in [1.29, 1.82) is 0 Å². The van der Waals surface area contributed by atoms with Crippen molar-refractivity contribution in [3.05, 3.63) is 0 Å². The quantitative estimate of drug-likeness (QED) is 0.700. The van der Waals surface area contributed by atoms with Crippen molar-refractivity contribution in [2.75, 3.05) is 18.6 Å². The Morgan fingerprint density at radius 2 is 1.90 bits per heavy atom. The Hall–Kier alpha value is -0.710. The van der Waals surface area contributed by atoms with E-state index in [1.165, 1.54) is 0 Å². The molecule has 0 aromatic carbocycles. The smallest absolute Gasteiger partial charge is 0.248 e. The minimum absolute atomic E-state index is 0.0271. The molecule has 0 aliphatic carbocycles. The Morgan fingerprint density at radius 3 is 2.40 bits per heavy atom. The summed E-state index contributed by atoms with van der Waals surface area (Å²) in [7, 11) is 0. The van der Waals surface area contributed by atoms with E-state index in [-0.39, 0.29) is 17.9 Å². The van der Waals surface area contributed by atoms with E-state index in [0.717, 1.165) is 25.0 Å². The number of hydrogen-bond acceptors (Lipinski definition) is 3. The maximum Gasteiger partial charge on any atom is 0.248 e. The molecule has 1 rings (SSSR count). The molecule has 20 heavy (non-hydrogen) atoms. The van der Waals surface area contributed by atoms with Crippen molar-refractivity contribution in [3.63, 3.8) is 0 Å². The van der Waals surface area contributed by atoms with E-state index in [1.807, 2.05) is 18.7 Å². The minimum atomic E-state index is -0.680. The summed E-state index contributed by atoms with van der Waals surface area (Å²) in [6, 6.07) is -0.277. The fraction of sp³-hybridized carbons (Fsp3) is 0.867. The van der Waals surface area contributed by atoms with E-state index in [4.69, 9.17) is 0 Å². The molecule has 0 aromatic heterocycles.